The van der Waals surface area contributed by atoms with Gasteiger partial charge in [-0.3, -0.25) is 7.05 Å². The van der Waals surface area contributed by atoms with E-state index in [9.17, 15) is 5.11 Å². The van der Waals surface area contributed by atoms with Crippen molar-refractivity contribution in [3.8, 4) is 0 Å². The van der Waals surface area contributed by atoms with Gasteiger partial charge in [-0.15, -0.1) is 13.2 Å². The molecule has 3 heteroatoms. The average Bonchev–Trinajstić information content (AvgIpc) is 2.87. The molecule has 3 aromatic carbocycles. The molecule has 0 aliphatic carbocycles. The van der Waals surface area contributed by atoms with E-state index in [1.807, 2.05) is 72.8 Å². The predicted octanol–water partition coefficient (Wildman–Crippen LogP) is 7.01. The summed E-state index contributed by atoms with van der Waals surface area (Å²) in [5.74, 6) is 0.222. The zero-order chi connectivity index (χ0) is 24.3. The fourth-order valence-electron chi connectivity index (χ4n) is 4.26. The maximum atomic E-state index is 11.6. The van der Waals surface area contributed by atoms with Gasteiger partial charge in [-0.05, 0) is 48.4 Å². The Bertz CT molecular complexity index is 874. The monoisotopic (exact) mass is 625 g/mol. The summed E-state index contributed by atoms with van der Waals surface area (Å²) in [6.45, 7) is 14.5. The Balaban J connectivity index is 0.000000377. The minimum absolute atomic E-state index is 0. The number of nitrogens with zero attached hydrogens (tertiary/aromatic N) is 1. The van der Waals surface area contributed by atoms with Crippen LogP contribution in [0.15, 0.2) is 98.1 Å². The van der Waals surface area contributed by atoms with Gasteiger partial charge in [0.15, 0.2) is 0 Å². The number of aliphatic hydroxyl groups is 1. The smallest absolute Gasteiger partial charge is 0.459 e. The molecule has 0 amide bonds. The maximum Gasteiger partial charge on any atom is 2.00 e. The van der Waals surface area contributed by atoms with Gasteiger partial charge >= 0.3 is 21.1 Å². The summed E-state index contributed by atoms with van der Waals surface area (Å²) in [6.07, 6.45) is 1.92. The minimum atomic E-state index is -0.913. The van der Waals surface area contributed by atoms with Gasteiger partial charge in [0.25, 0.3) is 0 Å². The SMILES string of the molecule is C=C.CC(C)(C)c1cc[c-]cc1.[CH2-]N1CCC(C(O)(c2ccccc2)c2ccccc2)CC1.[W+2]. The summed E-state index contributed by atoms with van der Waals surface area (Å²) >= 11 is 0. The summed E-state index contributed by atoms with van der Waals surface area (Å²) in [5.41, 5.74) is 2.70. The van der Waals surface area contributed by atoms with Gasteiger partial charge in [0.1, 0.15) is 5.60 Å². The molecule has 0 bridgehead atoms. The van der Waals surface area contributed by atoms with Crippen molar-refractivity contribution in [3.63, 3.8) is 0 Å². The molecule has 180 valence electrons. The molecule has 0 aromatic heterocycles. The molecule has 1 aliphatic rings. The normalized spacial score (nSPS) is 14.5. The maximum absolute atomic E-state index is 11.6. The Morgan fingerprint density at radius 2 is 1.21 bits per heavy atom. The first-order chi connectivity index (χ1) is 15.8. The first kappa shape index (κ1) is 30.0. The van der Waals surface area contributed by atoms with E-state index in [1.54, 1.807) is 0 Å². The molecule has 1 heterocycles. The standard InChI is InChI=1S/C19H22NO.C10H13.C2H4.W/c1-20-14-12-18(13-15-20)19(21,16-8-4-2-5-9-16)17-10-6-3-7-11-17;1-10(2,3)9-7-5-4-6-8-9;1-2;/h2-11,18,21H,1,12-15H2;5-8H,1-3H3;1-2H2;/q2*-1;;+2. The Morgan fingerprint density at radius 3 is 1.56 bits per heavy atom. The Kier molecular flexibility index (Phi) is 12.7. The van der Waals surface area contributed by atoms with E-state index in [0.717, 1.165) is 37.1 Å². The number of hydrogen-bond acceptors (Lipinski definition) is 2. The van der Waals surface area contributed by atoms with Gasteiger partial charge in [0, 0.05) is 0 Å². The van der Waals surface area contributed by atoms with Crippen LogP contribution in [0.4, 0.5) is 0 Å². The van der Waals surface area contributed by atoms with Crippen LogP contribution in [0.3, 0.4) is 0 Å². The van der Waals surface area contributed by atoms with Gasteiger partial charge < -0.3 is 10.0 Å². The van der Waals surface area contributed by atoms with Crippen LogP contribution >= 0.6 is 0 Å². The van der Waals surface area contributed by atoms with Crippen LogP contribution in [0.5, 0.6) is 0 Å². The summed E-state index contributed by atoms with van der Waals surface area (Å²) < 4.78 is 0. The second-order valence-corrected chi connectivity index (χ2v) is 9.43. The van der Waals surface area contributed by atoms with Crippen molar-refractivity contribution in [2.45, 2.75) is 44.6 Å². The molecule has 34 heavy (non-hydrogen) atoms. The molecule has 1 N–H and O–H groups in total. The number of likely N-dealkylation sites (tertiary alicyclic amines) is 1. The Hall–Kier alpha value is -1.99. The first-order valence-electron chi connectivity index (χ1n) is 11.7. The van der Waals surface area contributed by atoms with E-state index >= 15 is 0 Å². The van der Waals surface area contributed by atoms with Gasteiger partial charge in [-0.1, -0.05) is 81.4 Å². The zero-order valence-electron chi connectivity index (χ0n) is 20.9. The zero-order valence-corrected chi connectivity index (χ0v) is 23.8. The van der Waals surface area contributed by atoms with Crippen LogP contribution in [0.2, 0.25) is 0 Å². The largest absolute Gasteiger partial charge is 2.00 e. The molecule has 0 saturated carbocycles. The van der Waals surface area contributed by atoms with E-state index in [2.05, 4.69) is 64.1 Å². The number of piperidine rings is 1. The average molecular weight is 625 g/mol. The molecular formula is C31H39NOW. The van der Waals surface area contributed by atoms with E-state index in [0.29, 0.717) is 0 Å². The number of rotatable bonds is 3. The minimum Gasteiger partial charge on any atom is -0.459 e. The Labute approximate surface area is 222 Å². The topological polar surface area (TPSA) is 23.5 Å². The third kappa shape index (κ3) is 8.05. The quantitative estimate of drug-likeness (QED) is 0.250. The van der Waals surface area contributed by atoms with E-state index in [-0.39, 0.29) is 32.4 Å². The second-order valence-electron chi connectivity index (χ2n) is 9.43. The molecule has 1 saturated heterocycles. The van der Waals surface area contributed by atoms with Gasteiger partial charge in [-0.2, -0.15) is 35.9 Å². The van der Waals surface area contributed by atoms with Crippen LogP contribution in [-0.2, 0) is 32.1 Å². The molecular weight excluding hydrogens is 586 g/mol. The molecule has 1 aliphatic heterocycles. The first-order valence-corrected chi connectivity index (χ1v) is 11.7. The van der Waals surface area contributed by atoms with Crippen molar-refractivity contribution in [1.29, 1.82) is 0 Å². The Morgan fingerprint density at radius 1 is 0.794 bits per heavy atom. The van der Waals surface area contributed by atoms with Crippen LogP contribution in [0.25, 0.3) is 0 Å². The molecule has 0 atom stereocenters. The predicted molar refractivity (Wildman–Crippen MR) is 141 cm³/mol. The number of hydrogen-bond donors (Lipinski definition) is 1. The molecule has 1 fully saturated rings. The van der Waals surface area contributed by atoms with Crippen molar-refractivity contribution >= 4 is 0 Å². The third-order valence-electron chi connectivity index (χ3n) is 6.19. The molecule has 0 spiro atoms. The third-order valence-corrected chi connectivity index (χ3v) is 6.19. The molecule has 2 nitrogen and oxygen atoms in total. The van der Waals surface area contributed by atoms with E-state index in [4.69, 9.17) is 0 Å². The van der Waals surface area contributed by atoms with Crippen molar-refractivity contribution in [2.24, 2.45) is 5.92 Å². The number of benzene rings is 3. The van der Waals surface area contributed by atoms with Gasteiger partial charge in [0.05, 0.1) is 0 Å². The summed E-state index contributed by atoms with van der Waals surface area (Å²) in [6, 6.07) is 31.3. The van der Waals surface area contributed by atoms with Crippen LogP contribution in [-0.4, -0.2) is 23.1 Å². The summed E-state index contributed by atoms with van der Waals surface area (Å²) in [5, 5.41) is 11.6. The van der Waals surface area contributed by atoms with Crippen molar-refractivity contribution in [2.75, 3.05) is 13.1 Å². The van der Waals surface area contributed by atoms with Crippen molar-refractivity contribution < 1.29 is 26.2 Å². The fraction of sp³-hybridized carbons (Fsp3) is 0.323. The molecule has 4 rings (SSSR count). The molecule has 0 unspecified atom stereocenters. The van der Waals surface area contributed by atoms with Crippen LogP contribution < -0.4 is 0 Å². The molecule has 3 aromatic rings. The van der Waals surface area contributed by atoms with Gasteiger partial charge in [0.2, 0.25) is 0 Å². The van der Waals surface area contributed by atoms with E-state index < -0.39 is 5.60 Å². The van der Waals surface area contributed by atoms with Crippen LogP contribution in [0.1, 0.15) is 50.3 Å². The van der Waals surface area contributed by atoms with Crippen molar-refractivity contribution in [1.82, 2.24) is 4.90 Å². The molecule has 0 radical (unpaired) electrons. The fourth-order valence-corrected chi connectivity index (χ4v) is 4.26. The second kappa shape index (κ2) is 14.4. The van der Waals surface area contributed by atoms with Gasteiger partial charge in [-0.25, -0.2) is 0 Å². The van der Waals surface area contributed by atoms with E-state index in [1.165, 1.54) is 5.56 Å². The summed E-state index contributed by atoms with van der Waals surface area (Å²) in [4.78, 5) is 2.09. The summed E-state index contributed by atoms with van der Waals surface area (Å²) in [7, 11) is 4.01. The van der Waals surface area contributed by atoms with Crippen molar-refractivity contribution in [3.05, 3.63) is 128 Å². The van der Waals surface area contributed by atoms with Crippen LogP contribution in [0, 0.1) is 19.0 Å².